The first-order chi connectivity index (χ1) is 8.56. The highest BCUT2D eigenvalue weighted by Crippen LogP contribution is 2.23. The van der Waals surface area contributed by atoms with Crippen LogP contribution in [0.1, 0.15) is 0 Å². The number of hydrogen-bond acceptors (Lipinski definition) is 4. The molecular formula is C12H18Br2N4. The molecular weight excluding hydrogens is 360 g/mol. The van der Waals surface area contributed by atoms with Crippen LogP contribution in [0.25, 0.3) is 0 Å². The summed E-state index contributed by atoms with van der Waals surface area (Å²) >= 11 is 6.93. The van der Waals surface area contributed by atoms with Gasteiger partial charge in [-0.2, -0.15) is 0 Å². The Balaban J connectivity index is 1.94. The van der Waals surface area contributed by atoms with Crippen LogP contribution in [0.15, 0.2) is 21.2 Å². The minimum absolute atomic E-state index is 0.529. The van der Waals surface area contributed by atoms with Crippen LogP contribution in [-0.2, 0) is 0 Å². The Labute approximate surface area is 125 Å². The lowest BCUT2D eigenvalue weighted by Crippen LogP contribution is -2.52. The summed E-state index contributed by atoms with van der Waals surface area (Å²) in [5.41, 5.74) is 0. The number of nitrogens with one attached hydrogen (secondary N) is 1. The molecule has 1 aliphatic rings. The maximum absolute atomic E-state index is 4.37. The van der Waals surface area contributed by atoms with E-state index in [-0.39, 0.29) is 0 Å². The molecule has 0 amide bonds. The topological polar surface area (TPSA) is 31.4 Å². The molecule has 1 atom stereocenters. The number of rotatable bonds is 3. The molecule has 2 rings (SSSR count). The van der Waals surface area contributed by atoms with Crippen LogP contribution in [0.5, 0.6) is 0 Å². The van der Waals surface area contributed by atoms with Gasteiger partial charge in [-0.1, -0.05) is 0 Å². The van der Waals surface area contributed by atoms with Crippen LogP contribution in [0.2, 0.25) is 0 Å². The first-order valence-corrected chi connectivity index (χ1v) is 7.58. The molecule has 2 heterocycles. The van der Waals surface area contributed by atoms with Gasteiger partial charge in [-0.3, -0.25) is 4.90 Å². The van der Waals surface area contributed by atoms with E-state index in [9.17, 15) is 0 Å². The number of anilines is 1. The van der Waals surface area contributed by atoms with E-state index in [0.717, 1.165) is 40.9 Å². The SMILES string of the molecule is CN1CCN(C)C(CNc2ncc(Br)cc2Br)C1. The first-order valence-electron chi connectivity index (χ1n) is 6.00. The second-order valence-corrected chi connectivity index (χ2v) is 6.53. The van der Waals surface area contributed by atoms with E-state index in [1.807, 2.05) is 12.3 Å². The largest absolute Gasteiger partial charge is 0.368 e. The second-order valence-electron chi connectivity index (χ2n) is 4.76. The molecule has 0 bridgehead atoms. The van der Waals surface area contributed by atoms with Gasteiger partial charge in [-0.05, 0) is 52.0 Å². The van der Waals surface area contributed by atoms with Crippen molar-refractivity contribution in [2.75, 3.05) is 45.6 Å². The maximum atomic E-state index is 4.37. The lowest BCUT2D eigenvalue weighted by Gasteiger charge is -2.37. The van der Waals surface area contributed by atoms with Crippen LogP contribution < -0.4 is 5.32 Å². The van der Waals surface area contributed by atoms with Crippen LogP contribution >= 0.6 is 31.9 Å². The van der Waals surface area contributed by atoms with Crippen LogP contribution in [-0.4, -0.2) is 61.1 Å². The molecule has 0 radical (unpaired) electrons. The van der Waals surface area contributed by atoms with Gasteiger partial charge >= 0.3 is 0 Å². The molecule has 1 unspecified atom stereocenters. The van der Waals surface area contributed by atoms with E-state index < -0.39 is 0 Å². The van der Waals surface area contributed by atoms with Crippen LogP contribution in [0.3, 0.4) is 0 Å². The molecule has 0 spiro atoms. The van der Waals surface area contributed by atoms with Gasteiger partial charge in [0.15, 0.2) is 0 Å². The fourth-order valence-corrected chi connectivity index (χ4v) is 3.21. The van der Waals surface area contributed by atoms with Gasteiger partial charge in [0.2, 0.25) is 0 Å². The highest BCUT2D eigenvalue weighted by atomic mass is 79.9. The number of aromatic nitrogens is 1. The molecule has 0 saturated carbocycles. The van der Waals surface area contributed by atoms with E-state index in [1.165, 1.54) is 0 Å². The average molecular weight is 378 g/mol. The zero-order valence-electron chi connectivity index (χ0n) is 10.7. The molecule has 1 N–H and O–H groups in total. The molecule has 1 aliphatic heterocycles. The molecule has 4 nitrogen and oxygen atoms in total. The smallest absolute Gasteiger partial charge is 0.140 e. The third-order valence-corrected chi connectivity index (χ3v) is 4.33. The number of hydrogen-bond donors (Lipinski definition) is 1. The number of nitrogens with zero attached hydrogens (tertiary/aromatic N) is 3. The molecule has 6 heteroatoms. The summed E-state index contributed by atoms with van der Waals surface area (Å²) in [6.45, 7) is 4.27. The quantitative estimate of drug-likeness (QED) is 0.875. The molecule has 1 aromatic rings. The monoisotopic (exact) mass is 376 g/mol. The average Bonchev–Trinajstić information content (AvgIpc) is 2.32. The van der Waals surface area contributed by atoms with E-state index in [2.05, 4.69) is 66.1 Å². The maximum Gasteiger partial charge on any atom is 0.140 e. The number of halogens is 2. The van der Waals surface area contributed by atoms with E-state index in [0.29, 0.717) is 6.04 Å². The summed E-state index contributed by atoms with van der Waals surface area (Å²) in [4.78, 5) is 9.14. The third kappa shape index (κ3) is 3.66. The Kier molecular flexibility index (Phi) is 5.00. The van der Waals surface area contributed by atoms with E-state index in [1.54, 1.807) is 0 Å². The number of likely N-dealkylation sites (N-methyl/N-ethyl adjacent to an activating group) is 2. The second kappa shape index (κ2) is 6.32. The zero-order chi connectivity index (χ0) is 13.1. The predicted octanol–water partition coefficient (Wildman–Crippen LogP) is 2.26. The molecule has 1 aromatic heterocycles. The van der Waals surface area contributed by atoms with Crippen LogP contribution in [0, 0.1) is 0 Å². The summed E-state index contributed by atoms with van der Waals surface area (Å²) in [5.74, 6) is 0.903. The van der Waals surface area contributed by atoms with Gasteiger partial charge in [0.1, 0.15) is 5.82 Å². The molecule has 100 valence electrons. The van der Waals surface area contributed by atoms with Crippen molar-refractivity contribution in [3.8, 4) is 0 Å². The van der Waals surface area contributed by atoms with Crippen molar-refractivity contribution >= 4 is 37.7 Å². The summed E-state index contributed by atoms with van der Waals surface area (Å²) in [6, 6.07) is 2.53. The van der Waals surface area contributed by atoms with Crippen molar-refractivity contribution < 1.29 is 0 Å². The van der Waals surface area contributed by atoms with Crippen molar-refractivity contribution in [1.29, 1.82) is 0 Å². The van der Waals surface area contributed by atoms with Crippen molar-refractivity contribution in [2.45, 2.75) is 6.04 Å². The number of pyridine rings is 1. The fourth-order valence-electron chi connectivity index (χ4n) is 2.08. The van der Waals surface area contributed by atoms with Gasteiger partial charge in [0.05, 0.1) is 4.47 Å². The normalized spacial score (nSPS) is 22.1. The van der Waals surface area contributed by atoms with Gasteiger partial charge < -0.3 is 10.2 Å². The summed E-state index contributed by atoms with van der Waals surface area (Å²) in [5, 5.41) is 3.41. The minimum Gasteiger partial charge on any atom is -0.368 e. The lowest BCUT2D eigenvalue weighted by molar-refractivity contribution is 0.122. The Bertz CT molecular complexity index is 413. The highest BCUT2D eigenvalue weighted by molar-refractivity contribution is 9.11. The highest BCUT2D eigenvalue weighted by Gasteiger charge is 2.21. The minimum atomic E-state index is 0.529. The lowest BCUT2D eigenvalue weighted by atomic mass is 10.2. The molecule has 18 heavy (non-hydrogen) atoms. The van der Waals surface area contributed by atoms with Gasteiger partial charge in [0, 0.05) is 42.9 Å². The summed E-state index contributed by atoms with van der Waals surface area (Å²) in [6.07, 6.45) is 1.81. The Morgan fingerprint density at radius 3 is 2.89 bits per heavy atom. The van der Waals surface area contributed by atoms with Gasteiger partial charge in [0.25, 0.3) is 0 Å². The summed E-state index contributed by atoms with van der Waals surface area (Å²) < 4.78 is 1.97. The molecule has 0 aromatic carbocycles. The molecule has 1 saturated heterocycles. The summed E-state index contributed by atoms with van der Waals surface area (Å²) in [7, 11) is 4.36. The Hall–Kier alpha value is -0.170. The van der Waals surface area contributed by atoms with Gasteiger partial charge in [-0.15, -0.1) is 0 Å². The van der Waals surface area contributed by atoms with Crippen LogP contribution in [0.4, 0.5) is 5.82 Å². The Morgan fingerprint density at radius 2 is 2.17 bits per heavy atom. The fraction of sp³-hybridized carbons (Fsp3) is 0.583. The standard InChI is InChI=1S/C12H18Br2N4/c1-17-3-4-18(2)10(8-17)7-16-12-11(14)5-9(13)6-15-12/h5-6,10H,3-4,7-8H2,1-2H3,(H,15,16). The Morgan fingerprint density at radius 1 is 1.39 bits per heavy atom. The van der Waals surface area contributed by atoms with Crippen molar-refractivity contribution in [3.05, 3.63) is 21.2 Å². The molecule has 0 aliphatic carbocycles. The molecule has 1 fully saturated rings. The predicted molar refractivity (Wildman–Crippen MR) is 82.0 cm³/mol. The van der Waals surface area contributed by atoms with E-state index in [4.69, 9.17) is 0 Å². The van der Waals surface area contributed by atoms with Crippen molar-refractivity contribution in [2.24, 2.45) is 0 Å². The van der Waals surface area contributed by atoms with E-state index >= 15 is 0 Å². The first kappa shape index (κ1) is 14.2. The zero-order valence-corrected chi connectivity index (χ0v) is 13.8. The van der Waals surface area contributed by atoms with Crippen molar-refractivity contribution in [3.63, 3.8) is 0 Å². The van der Waals surface area contributed by atoms with Gasteiger partial charge in [-0.25, -0.2) is 4.98 Å². The van der Waals surface area contributed by atoms with Crippen molar-refractivity contribution in [1.82, 2.24) is 14.8 Å². The third-order valence-electron chi connectivity index (χ3n) is 3.29. The number of piperazine rings is 1.